The molecule has 2 aliphatic rings. The minimum atomic E-state index is -4.85. The second-order valence-corrected chi connectivity index (χ2v) is 10.9. The molecule has 1 atom stereocenters. The zero-order chi connectivity index (χ0) is 23.3. The summed E-state index contributed by atoms with van der Waals surface area (Å²) in [5.41, 5.74) is 0.694. The number of azo groups is 1. The zero-order valence-corrected chi connectivity index (χ0v) is 18.8. The Labute approximate surface area is 185 Å². The lowest BCUT2D eigenvalue weighted by molar-refractivity contribution is -0.878. The SMILES string of the molecule is C[N+]1(C)CCC(c2ccc(-c3ccc(C(F)(F)F)c(S(C)(=O)=O)c3C3=NCN=N3)cc2)C1. The number of amidine groups is 1. The standard InChI is InChI=1S/C22H24F3N4O2S/c1-29(2)11-10-16(12-29)14-4-6-15(7-5-14)17-8-9-18(22(23,24)25)20(32(3,30)31)19(17)21-26-13-27-28-21/h4-9,16H,10-13H2,1-3H3/q+1. The van der Waals surface area contributed by atoms with Crippen LogP contribution < -0.4 is 0 Å². The number of aliphatic imine (C=N–C) groups is 1. The van der Waals surface area contributed by atoms with E-state index in [0.717, 1.165) is 41.9 Å². The highest BCUT2D eigenvalue weighted by Crippen LogP contribution is 2.41. The van der Waals surface area contributed by atoms with Gasteiger partial charge in [0.25, 0.3) is 0 Å². The molecule has 2 aliphatic heterocycles. The first-order valence-electron chi connectivity index (χ1n) is 10.2. The van der Waals surface area contributed by atoms with Crippen LogP contribution in [0.5, 0.6) is 0 Å². The third kappa shape index (κ3) is 4.33. The summed E-state index contributed by atoms with van der Waals surface area (Å²) in [6, 6.07) is 9.66. The maximum absolute atomic E-state index is 13.7. The van der Waals surface area contributed by atoms with Gasteiger partial charge in [0.05, 0.1) is 37.6 Å². The van der Waals surface area contributed by atoms with Crippen LogP contribution in [0.3, 0.4) is 0 Å². The molecule has 170 valence electrons. The fourth-order valence-corrected chi connectivity index (χ4v) is 5.66. The molecular formula is C22H24F3N4O2S+. The fourth-order valence-electron chi connectivity index (χ4n) is 4.50. The quantitative estimate of drug-likeness (QED) is 0.624. The summed E-state index contributed by atoms with van der Waals surface area (Å²) < 4.78 is 67.1. The van der Waals surface area contributed by atoms with Gasteiger partial charge in [-0.05, 0) is 22.8 Å². The minimum Gasteiger partial charge on any atom is -0.328 e. The summed E-state index contributed by atoms with van der Waals surface area (Å²) in [6.07, 6.45) is -3.02. The van der Waals surface area contributed by atoms with Crippen molar-refractivity contribution in [2.45, 2.75) is 23.4 Å². The maximum Gasteiger partial charge on any atom is 0.417 e. The first-order valence-corrected chi connectivity index (χ1v) is 12.0. The number of hydrogen-bond donors (Lipinski definition) is 0. The van der Waals surface area contributed by atoms with E-state index in [1.807, 2.05) is 24.3 Å². The van der Waals surface area contributed by atoms with E-state index in [2.05, 4.69) is 29.3 Å². The summed E-state index contributed by atoms with van der Waals surface area (Å²) in [5, 5.41) is 7.54. The van der Waals surface area contributed by atoms with Gasteiger partial charge in [0.1, 0.15) is 0 Å². The van der Waals surface area contributed by atoms with E-state index < -0.39 is 26.5 Å². The molecule has 1 saturated heterocycles. The molecule has 0 aromatic heterocycles. The number of hydrogen-bond acceptors (Lipinski definition) is 5. The minimum absolute atomic E-state index is 0.0527. The van der Waals surface area contributed by atoms with Crippen LogP contribution in [0.25, 0.3) is 11.1 Å². The van der Waals surface area contributed by atoms with E-state index >= 15 is 0 Å². The molecule has 0 amide bonds. The van der Waals surface area contributed by atoms with Crippen LogP contribution in [-0.4, -0.2) is 58.8 Å². The van der Waals surface area contributed by atoms with Gasteiger partial charge in [0, 0.05) is 24.2 Å². The summed E-state index contributed by atoms with van der Waals surface area (Å²) in [5.74, 6) is 0.302. The highest BCUT2D eigenvalue weighted by atomic mass is 32.2. The number of sulfone groups is 1. The molecule has 2 heterocycles. The Morgan fingerprint density at radius 1 is 1.06 bits per heavy atom. The summed E-state index contributed by atoms with van der Waals surface area (Å²) in [4.78, 5) is 3.22. The first kappa shape index (κ1) is 22.6. The molecule has 1 unspecified atom stereocenters. The maximum atomic E-state index is 13.7. The van der Waals surface area contributed by atoms with Gasteiger partial charge in [0.2, 0.25) is 0 Å². The van der Waals surface area contributed by atoms with Crippen LogP contribution >= 0.6 is 0 Å². The third-order valence-electron chi connectivity index (χ3n) is 6.00. The molecule has 0 radical (unpaired) electrons. The van der Waals surface area contributed by atoms with Crippen LogP contribution in [0.4, 0.5) is 13.2 Å². The predicted molar refractivity (Wildman–Crippen MR) is 115 cm³/mol. The average molecular weight is 466 g/mol. The summed E-state index contributed by atoms with van der Waals surface area (Å²) >= 11 is 0. The van der Waals surface area contributed by atoms with Gasteiger partial charge in [-0.15, -0.1) is 5.11 Å². The molecule has 0 N–H and O–H groups in total. The van der Waals surface area contributed by atoms with Crippen molar-refractivity contribution in [1.29, 1.82) is 0 Å². The molecular weight excluding hydrogens is 441 g/mol. The van der Waals surface area contributed by atoms with Crippen molar-refractivity contribution in [2.24, 2.45) is 15.2 Å². The Bertz CT molecular complexity index is 1220. The van der Waals surface area contributed by atoms with E-state index in [-0.39, 0.29) is 18.1 Å². The van der Waals surface area contributed by atoms with Crippen molar-refractivity contribution >= 4 is 15.7 Å². The van der Waals surface area contributed by atoms with Crippen molar-refractivity contribution in [3.05, 3.63) is 53.1 Å². The first-order chi connectivity index (χ1) is 14.9. The fraction of sp³-hybridized carbons (Fsp3) is 0.409. The van der Waals surface area contributed by atoms with E-state index in [0.29, 0.717) is 17.0 Å². The molecule has 4 rings (SSSR count). The lowest BCUT2D eigenvalue weighted by atomic mass is 9.92. The molecule has 6 nitrogen and oxygen atoms in total. The van der Waals surface area contributed by atoms with E-state index in [9.17, 15) is 21.6 Å². The van der Waals surface area contributed by atoms with Gasteiger partial charge < -0.3 is 4.48 Å². The topological polar surface area (TPSA) is 71.2 Å². The van der Waals surface area contributed by atoms with Gasteiger partial charge in [-0.3, -0.25) is 0 Å². The van der Waals surface area contributed by atoms with Gasteiger partial charge in [0.15, 0.2) is 22.3 Å². The molecule has 2 aromatic rings. The molecule has 0 aliphatic carbocycles. The smallest absolute Gasteiger partial charge is 0.328 e. The predicted octanol–water partition coefficient (Wildman–Crippen LogP) is 4.51. The van der Waals surface area contributed by atoms with Gasteiger partial charge in [-0.25, -0.2) is 13.4 Å². The Morgan fingerprint density at radius 2 is 1.75 bits per heavy atom. The normalized spacial score (nSPS) is 20.6. The van der Waals surface area contributed by atoms with Crippen LogP contribution in [0, 0.1) is 0 Å². The highest BCUT2D eigenvalue weighted by molar-refractivity contribution is 7.90. The Morgan fingerprint density at radius 3 is 2.25 bits per heavy atom. The average Bonchev–Trinajstić information content (AvgIpc) is 3.35. The van der Waals surface area contributed by atoms with Crippen molar-refractivity contribution in [3.8, 4) is 11.1 Å². The Hall–Kier alpha value is -2.59. The summed E-state index contributed by atoms with van der Waals surface area (Å²) in [7, 11) is 0.120. The molecule has 0 bridgehead atoms. The molecule has 1 fully saturated rings. The number of likely N-dealkylation sites (N-methyl/N-ethyl adjacent to an activating group) is 1. The largest absolute Gasteiger partial charge is 0.417 e. The molecule has 0 saturated carbocycles. The Balaban J connectivity index is 1.87. The van der Waals surface area contributed by atoms with Crippen molar-refractivity contribution in [2.75, 3.05) is 40.1 Å². The van der Waals surface area contributed by atoms with Crippen LogP contribution in [0.15, 0.2) is 56.5 Å². The van der Waals surface area contributed by atoms with E-state index in [1.165, 1.54) is 6.07 Å². The number of nitrogens with zero attached hydrogens (tertiary/aromatic N) is 4. The van der Waals surface area contributed by atoms with Gasteiger partial charge >= 0.3 is 6.18 Å². The van der Waals surface area contributed by atoms with Crippen LogP contribution in [-0.2, 0) is 16.0 Å². The zero-order valence-electron chi connectivity index (χ0n) is 18.0. The van der Waals surface area contributed by atoms with E-state index in [1.54, 1.807) is 0 Å². The molecule has 0 spiro atoms. The van der Waals surface area contributed by atoms with Crippen molar-refractivity contribution in [3.63, 3.8) is 0 Å². The summed E-state index contributed by atoms with van der Waals surface area (Å²) in [6.45, 7) is 2.04. The second-order valence-electron chi connectivity index (χ2n) is 8.95. The Kier molecular flexibility index (Phi) is 5.49. The molecule has 32 heavy (non-hydrogen) atoms. The van der Waals surface area contributed by atoms with Crippen molar-refractivity contribution < 1.29 is 26.1 Å². The van der Waals surface area contributed by atoms with Gasteiger partial charge in [-0.1, -0.05) is 30.3 Å². The van der Waals surface area contributed by atoms with E-state index in [4.69, 9.17) is 0 Å². The number of halogens is 3. The molecule has 2 aromatic carbocycles. The highest BCUT2D eigenvalue weighted by Gasteiger charge is 2.40. The molecule has 10 heteroatoms. The van der Waals surface area contributed by atoms with Gasteiger partial charge in [-0.2, -0.15) is 18.3 Å². The number of likely N-dealkylation sites (tertiary alicyclic amines) is 1. The van der Waals surface area contributed by atoms with Crippen molar-refractivity contribution in [1.82, 2.24) is 0 Å². The second kappa shape index (κ2) is 7.77. The monoisotopic (exact) mass is 465 g/mol. The number of rotatable bonds is 4. The third-order valence-corrected chi connectivity index (χ3v) is 7.16. The van der Waals surface area contributed by atoms with Crippen LogP contribution in [0.2, 0.25) is 0 Å². The number of alkyl halides is 3. The van der Waals surface area contributed by atoms with Crippen LogP contribution in [0.1, 0.15) is 29.0 Å². The number of quaternary nitrogens is 1. The lowest BCUT2D eigenvalue weighted by Gasteiger charge is -2.23. The number of benzene rings is 2. The lowest BCUT2D eigenvalue weighted by Crippen LogP contribution is -2.36.